The van der Waals surface area contributed by atoms with Crippen LogP contribution >= 0.6 is 0 Å². The molecule has 0 aliphatic heterocycles. The summed E-state index contributed by atoms with van der Waals surface area (Å²) in [4.78, 5) is 0. The number of phenolic OH excluding ortho intramolecular Hbond substituents is 1. The molecule has 0 bridgehead atoms. The van der Waals surface area contributed by atoms with Crippen molar-refractivity contribution in [3.8, 4) is 28.0 Å². The van der Waals surface area contributed by atoms with Crippen molar-refractivity contribution in [1.29, 1.82) is 0 Å². The minimum absolute atomic E-state index is 0.167. The number of rotatable bonds is 8. The Bertz CT molecular complexity index is 1300. The summed E-state index contributed by atoms with van der Waals surface area (Å²) in [6.45, 7) is 1.99. The van der Waals surface area contributed by atoms with E-state index < -0.39 is 23.6 Å². The summed E-state index contributed by atoms with van der Waals surface area (Å²) < 4.78 is 43.5. The Morgan fingerprint density at radius 2 is 1.20 bits per heavy atom. The van der Waals surface area contributed by atoms with Crippen LogP contribution in [0.4, 0.5) is 13.2 Å². The second kappa shape index (κ2) is 10.8. The Labute approximate surface area is 203 Å². The monoisotopic (exact) mass is 476 g/mol. The van der Waals surface area contributed by atoms with E-state index in [2.05, 4.69) is 0 Å². The number of halogens is 3. The smallest absolute Gasteiger partial charge is 0.167 e. The fourth-order valence-corrected chi connectivity index (χ4v) is 4.17. The first-order valence-corrected chi connectivity index (χ1v) is 11.7. The van der Waals surface area contributed by atoms with E-state index in [1.807, 2.05) is 19.1 Å². The summed E-state index contributed by atoms with van der Waals surface area (Å²) >= 11 is 0. The van der Waals surface area contributed by atoms with Gasteiger partial charge >= 0.3 is 0 Å². The summed E-state index contributed by atoms with van der Waals surface area (Å²) in [6, 6.07) is 21.5. The Kier molecular flexibility index (Phi) is 7.57. The summed E-state index contributed by atoms with van der Waals surface area (Å²) in [5.74, 6) is -2.85. The molecule has 2 N–H and O–H groups in total. The third kappa shape index (κ3) is 5.57. The third-order valence-electron chi connectivity index (χ3n) is 6.23. The highest BCUT2D eigenvalue weighted by molar-refractivity contribution is 5.72. The van der Waals surface area contributed by atoms with E-state index in [0.717, 1.165) is 23.1 Å². The van der Waals surface area contributed by atoms with Gasteiger partial charge in [0, 0.05) is 11.1 Å². The molecule has 0 aliphatic carbocycles. The second-order valence-corrected chi connectivity index (χ2v) is 8.70. The van der Waals surface area contributed by atoms with Gasteiger partial charge in [-0.1, -0.05) is 80.1 Å². The molecule has 0 heterocycles. The highest BCUT2D eigenvalue weighted by Gasteiger charge is 2.16. The Balaban J connectivity index is 1.49. The van der Waals surface area contributed by atoms with E-state index in [0.29, 0.717) is 30.4 Å². The van der Waals surface area contributed by atoms with Gasteiger partial charge in [0.25, 0.3) is 0 Å². The minimum Gasteiger partial charge on any atom is -0.505 e. The zero-order valence-corrected chi connectivity index (χ0v) is 19.4. The molecule has 4 rings (SSSR count). The summed E-state index contributed by atoms with van der Waals surface area (Å²) in [5.41, 5.74) is 3.94. The van der Waals surface area contributed by atoms with E-state index in [4.69, 9.17) is 0 Å². The molecule has 35 heavy (non-hydrogen) atoms. The molecule has 0 saturated heterocycles. The lowest BCUT2D eigenvalue weighted by Gasteiger charge is -2.12. The molecule has 0 aromatic heterocycles. The average molecular weight is 477 g/mol. The van der Waals surface area contributed by atoms with Gasteiger partial charge in [0.15, 0.2) is 23.2 Å². The number of benzene rings is 4. The van der Waals surface area contributed by atoms with E-state index in [-0.39, 0.29) is 16.9 Å². The lowest BCUT2D eigenvalue weighted by atomic mass is 9.96. The SMILES string of the molecule is CCCC(O)c1ccc(-c2ccc(-c3ccc(CCc4ccc(O)c(F)c4)cc3)c(F)c2F)cc1. The van der Waals surface area contributed by atoms with Crippen molar-refractivity contribution in [3.63, 3.8) is 0 Å². The normalized spacial score (nSPS) is 12.0. The largest absolute Gasteiger partial charge is 0.505 e. The number of aromatic hydroxyl groups is 1. The highest BCUT2D eigenvalue weighted by Crippen LogP contribution is 2.32. The maximum atomic E-state index is 15.0. The third-order valence-corrected chi connectivity index (χ3v) is 6.23. The lowest BCUT2D eigenvalue weighted by molar-refractivity contribution is 0.166. The van der Waals surface area contributed by atoms with Gasteiger partial charge < -0.3 is 10.2 Å². The average Bonchev–Trinajstić information content (AvgIpc) is 2.87. The van der Waals surface area contributed by atoms with Crippen LogP contribution in [0, 0.1) is 17.5 Å². The lowest BCUT2D eigenvalue weighted by Crippen LogP contribution is -1.97. The molecule has 2 nitrogen and oxygen atoms in total. The summed E-state index contributed by atoms with van der Waals surface area (Å²) in [6.07, 6.45) is 2.16. The van der Waals surface area contributed by atoms with E-state index in [1.54, 1.807) is 54.6 Å². The van der Waals surface area contributed by atoms with Gasteiger partial charge in [-0.15, -0.1) is 0 Å². The van der Waals surface area contributed by atoms with Crippen LogP contribution in [-0.4, -0.2) is 10.2 Å². The first-order chi connectivity index (χ1) is 16.9. The molecule has 0 amide bonds. The predicted octanol–water partition coefficient (Wildman–Crippen LogP) is 7.76. The molecule has 4 aromatic rings. The predicted molar refractivity (Wildman–Crippen MR) is 133 cm³/mol. The van der Waals surface area contributed by atoms with Gasteiger partial charge in [-0.2, -0.15) is 0 Å². The van der Waals surface area contributed by atoms with Crippen molar-refractivity contribution >= 4 is 0 Å². The van der Waals surface area contributed by atoms with Crippen LogP contribution in [0.15, 0.2) is 78.9 Å². The number of hydrogen-bond donors (Lipinski definition) is 2. The molecular weight excluding hydrogens is 449 g/mol. The number of phenols is 1. The van der Waals surface area contributed by atoms with Crippen LogP contribution in [0.3, 0.4) is 0 Å². The number of aryl methyl sites for hydroxylation is 2. The van der Waals surface area contributed by atoms with Gasteiger partial charge in [-0.25, -0.2) is 13.2 Å². The summed E-state index contributed by atoms with van der Waals surface area (Å²) in [7, 11) is 0. The molecular formula is C30H27F3O2. The molecule has 0 aliphatic rings. The molecule has 0 saturated carbocycles. The molecule has 0 radical (unpaired) electrons. The number of hydrogen-bond acceptors (Lipinski definition) is 2. The zero-order chi connectivity index (χ0) is 24.9. The summed E-state index contributed by atoms with van der Waals surface area (Å²) in [5, 5.41) is 19.4. The molecule has 4 aromatic carbocycles. The van der Waals surface area contributed by atoms with Crippen molar-refractivity contribution in [2.75, 3.05) is 0 Å². The van der Waals surface area contributed by atoms with E-state index >= 15 is 4.39 Å². The van der Waals surface area contributed by atoms with Crippen molar-refractivity contribution in [2.24, 2.45) is 0 Å². The van der Waals surface area contributed by atoms with Crippen molar-refractivity contribution in [3.05, 3.63) is 113 Å². The highest BCUT2D eigenvalue weighted by atomic mass is 19.2. The van der Waals surface area contributed by atoms with Crippen LogP contribution in [0.2, 0.25) is 0 Å². The maximum absolute atomic E-state index is 15.0. The molecule has 0 fully saturated rings. The Morgan fingerprint density at radius 3 is 1.74 bits per heavy atom. The van der Waals surface area contributed by atoms with Crippen molar-refractivity contribution in [1.82, 2.24) is 0 Å². The minimum atomic E-state index is -0.914. The van der Waals surface area contributed by atoms with Crippen LogP contribution in [-0.2, 0) is 12.8 Å². The molecule has 5 heteroatoms. The van der Waals surface area contributed by atoms with Gasteiger partial charge in [0.2, 0.25) is 0 Å². The van der Waals surface area contributed by atoms with Crippen LogP contribution in [0.1, 0.15) is 42.6 Å². The standard InChI is InChI=1S/C30H27F3O2/c1-2-3-27(34)23-13-11-22(12-14-23)25-16-15-24(29(32)30(25)33)21-9-6-19(7-10-21)4-5-20-8-17-28(35)26(31)18-20/h6-18,27,34-35H,2-5H2,1H3. The first kappa shape index (κ1) is 24.6. The maximum Gasteiger partial charge on any atom is 0.167 e. The van der Waals surface area contributed by atoms with Crippen molar-refractivity contribution in [2.45, 2.75) is 38.7 Å². The second-order valence-electron chi connectivity index (χ2n) is 8.70. The fraction of sp³-hybridized carbons (Fsp3) is 0.200. The molecule has 1 unspecified atom stereocenters. The van der Waals surface area contributed by atoms with Gasteiger partial charge in [-0.05, 0) is 59.2 Å². The fourth-order valence-electron chi connectivity index (χ4n) is 4.17. The number of aliphatic hydroxyl groups is 1. The Morgan fingerprint density at radius 1 is 0.686 bits per heavy atom. The van der Waals surface area contributed by atoms with Crippen molar-refractivity contribution < 1.29 is 23.4 Å². The van der Waals surface area contributed by atoms with Crippen LogP contribution < -0.4 is 0 Å². The van der Waals surface area contributed by atoms with Gasteiger partial charge in [-0.3, -0.25) is 0 Å². The first-order valence-electron chi connectivity index (χ1n) is 11.7. The van der Waals surface area contributed by atoms with E-state index in [1.165, 1.54) is 12.1 Å². The van der Waals surface area contributed by atoms with Gasteiger partial charge in [0.05, 0.1) is 6.10 Å². The van der Waals surface area contributed by atoms with Gasteiger partial charge in [0.1, 0.15) is 0 Å². The van der Waals surface area contributed by atoms with E-state index in [9.17, 15) is 19.0 Å². The number of aliphatic hydroxyl groups excluding tert-OH is 1. The van der Waals surface area contributed by atoms with Crippen LogP contribution in [0.25, 0.3) is 22.3 Å². The molecule has 0 spiro atoms. The zero-order valence-electron chi connectivity index (χ0n) is 19.4. The molecule has 180 valence electrons. The molecule has 1 atom stereocenters. The van der Waals surface area contributed by atoms with Crippen LogP contribution in [0.5, 0.6) is 5.75 Å². The quantitative estimate of drug-likeness (QED) is 0.273. The topological polar surface area (TPSA) is 40.5 Å². The Hall–Kier alpha value is -3.57.